The minimum absolute atomic E-state index is 0.0477. The van der Waals surface area contributed by atoms with Crippen molar-refractivity contribution in [2.75, 3.05) is 6.54 Å². The molecule has 0 atom stereocenters. The van der Waals surface area contributed by atoms with Crippen LogP contribution < -0.4 is 5.32 Å². The maximum absolute atomic E-state index is 11.0. The molecule has 0 heterocycles. The summed E-state index contributed by atoms with van der Waals surface area (Å²) in [7, 11) is 0. The molecule has 2 aromatic carbocycles. The zero-order chi connectivity index (χ0) is 17.2. The molecule has 5 heteroatoms. The first-order valence-electron chi connectivity index (χ1n) is 7.99. The van der Waals surface area contributed by atoms with Crippen molar-refractivity contribution in [3.05, 3.63) is 69.2 Å². The number of hydrogen-bond acceptors (Lipinski definition) is 2. The van der Waals surface area contributed by atoms with Crippen molar-refractivity contribution in [1.29, 1.82) is 0 Å². The van der Waals surface area contributed by atoms with E-state index in [4.69, 9.17) is 28.3 Å². The molecule has 3 nitrogen and oxygen atoms in total. The first kappa shape index (κ1) is 17.3. The second kappa shape index (κ2) is 7.14. The van der Waals surface area contributed by atoms with Crippen LogP contribution >= 0.6 is 23.2 Å². The van der Waals surface area contributed by atoms with Gasteiger partial charge in [-0.05, 0) is 48.2 Å². The van der Waals surface area contributed by atoms with Gasteiger partial charge in [-0.1, -0.05) is 47.8 Å². The normalized spacial score (nSPS) is 15.8. The Morgan fingerprint density at radius 2 is 1.96 bits per heavy atom. The summed E-state index contributed by atoms with van der Waals surface area (Å²) < 4.78 is 0. The first-order chi connectivity index (χ1) is 11.5. The van der Waals surface area contributed by atoms with Gasteiger partial charge in [0.15, 0.2) is 0 Å². The lowest BCUT2D eigenvalue weighted by Gasteiger charge is -2.43. The molecule has 0 aliphatic heterocycles. The quantitative estimate of drug-likeness (QED) is 0.766. The Hall–Kier alpha value is -1.55. The molecule has 0 spiro atoms. The van der Waals surface area contributed by atoms with Crippen molar-refractivity contribution in [2.24, 2.45) is 0 Å². The lowest BCUT2D eigenvalue weighted by molar-refractivity contribution is 0.0696. The van der Waals surface area contributed by atoms with E-state index < -0.39 is 5.97 Å². The van der Waals surface area contributed by atoms with Gasteiger partial charge in [0.1, 0.15) is 0 Å². The van der Waals surface area contributed by atoms with Gasteiger partial charge in [-0.3, -0.25) is 0 Å². The Labute approximate surface area is 151 Å². The average Bonchev–Trinajstić information content (AvgIpc) is 2.51. The average molecular weight is 364 g/mol. The van der Waals surface area contributed by atoms with Crippen molar-refractivity contribution in [3.8, 4) is 0 Å². The molecule has 0 amide bonds. The highest BCUT2D eigenvalue weighted by Crippen LogP contribution is 2.46. The van der Waals surface area contributed by atoms with Crippen LogP contribution in [0.4, 0.5) is 0 Å². The van der Waals surface area contributed by atoms with E-state index in [9.17, 15) is 4.79 Å². The highest BCUT2D eigenvalue weighted by molar-refractivity contribution is 6.35. The van der Waals surface area contributed by atoms with E-state index in [1.54, 1.807) is 24.3 Å². The summed E-state index contributed by atoms with van der Waals surface area (Å²) in [6, 6.07) is 12.7. The lowest BCUT2D eigenvalue weighted by Crippen LogP contribution is -2.43. The standard InChI is InChI=1S/C19H19Cl2NO2/c20-15-5-6-16(17(21)10-15)19(7-2-8-19)12-22-11-13-3-1-4-14(9-13)18(23)24/h1,3-6,9-10,22H,2,7-8,11-12H2,(H,23,24). The Morgan fingerprint density at radius 1 is 1.17 bits per heavy atom. The van der Waals surface area contributed by atoms with Crippen LogP contribution in [0, 0.1) is 0 Å². The largest absolute Gasteiger partial charge is 0.478 e. The molecule has 1 aliphatic carbocycles. The number of benzene rings is 2. The number of aromatic carboxylic acids is 1. The van der Waals surface area contributed by atoms with Gasteiger partial charge in [0.05, 0.1) is 5.56 Å². The predicted octanol–water partition coefficient (Wildman–Crippen LogP) is 4.90. The summed E-state index contributed by atoms with van der Waals surface area (Å²) in [4.78, 5) is 11.0. The topological polar surface area (TPSA) is 49.3 Å². The fourth-order valence-corrected chi connectivity index (χ4v) is 3.93. The smallest absolute Gasteiger partial charge is 0.335 e. The Morgan fingerprint density at radius 3 is 2.58 bits per heavy atom. The minimum atomic E-state index is -0.903. The van der Waals surface area contributed by atoms with Gasteiger partial charge in [0, 0.05) is 28.5 Å². The summed E-state index contributed by atoms with van der Waals surface area (Å²) in [5.41, 5.74) is 2.47. The highest BCUT2D eigenvalue weighted by Gasteiger charge is 2.39. The van der Waals surface area contributed by atoms with Crippen LogP contribution in [-0.2, 0) is 12.0 Å². The summed E-state index contributed by atoms with van der Waals surface area (Å²) in [5.74, 6) is -0.903. The summed E-state index contributed by atoms with van der Waals surface area (Å²) in [5, 5.41) is 13.9. The number of carboxylic acids is 1. The maximum atomic E-state index is 11.0. The van der Waals surface area contributed by atoms with Gasteiger partial charge in [-0.25, -0.2) is 4.79 Å². The molecule has 0 aromatic heterocycles. The van der Waals surface area contributed by atoms with Gasteiger partial charge in [0.25, 0.3) is 0 Å². The van der Waals surface area contributed by atoms with Gasteiger partial charge in [-0.2, -0.15) is 0 Å². The second-order valence-corrected chi connectivity index (χ2v) is 7.21. The van der Waals surface area contributed by atoms with Crippen molar-refractivity contribution >= 4 is 29.2 Å². The molecule has 1 fully saturated rings. The Bertz CT molecular complexity index is 757. The van der Waals surface area contributed by atoms with Crippen LogP contribution in [0.3, 0.4) is 0 Å². The van der Waals surface area contributed by atoms with Crippen LogP contribution in [0.1, 0.15) is 40.7 Å². The third-order valence-electron chi connectivity index (χ3n) is 4.78. The number of halogens is 2. The summed E-state index contributed by atoms with van der Waals surface area (Å²) in [6.45, 7) is 1.44. The van der Waals surface area contributed by atoms with Crippen molar-refractivity contribution in [2.45, 2.75) is 31.2 Å². The number of nitrogens with one attached hydrogen (secondary N) is 1. The van der Waals surface area contributed by atoms with Gasteiger partial charge >= 0.3 is 5.97 Å². The van der Waals surface area contributed by atoms with E-state index >= 15 is 0 Å². The minimum Gasteiger partial charge on any atom is -0.478 e. The predicted molar refractivity (Wildman–Crippen MR) is 97.1 cm³/mol. The molecule has 2 N–H and O–H groups in total. The zero-order valence-corrected chi connectivity index (χ0v) is 14.7. The molecule has 0 saturated heterocycles. The van der Waals surface area contributed by atoms with E-state index in [0.29, 0.717) is 17.1 Å². The third-order valence-corrected chi connectivity index (χ3v) is 5.33. The van der Waals surface area contributed by atoms with Gasteiger partial charge in [0.2, 0.25) is 0 Å². The fourth-order valence-electron chi connectivity index (χ4n) is 3.32. The fraction of sp³-hybridized carbons (Fsp3) is 0.316. The Kier molecular flexibility index (Phi) is 5.14. The van der Waals surface area contributed by atoms with E-state index in [-0.39, 0.29) is 5.41 Å². The molecule has 3 rings (SSSR count). The van der Waals surface area contributed by atoms with Crippen LogP contribution in [0.15, 0.2) is 42.5 Å². The van der Waals surface area contributed by atoms with E-state index in [1.165, 1.54) is 6.42 Å². The first-order valence-corrected chi connectivity index (χ1v) is 8.74. The molecule has 2 aromatic rings. The van der Waals surface area contributed by atoms with Crippen LogP contribution in [-0.4, -0.2) is 17.6 Å². The van der Waals surface area contributed by atoms with E-state index in [1.807, 2.05) is 18.2 Å². The SMILES string of the molecule is O=C(O)c1cccc(CNCC2(c3ccc(Cl)cc3Cl)CCC2)c1. The number of rotatable bonds is 6. The highest BCUT2D eigenvalue weighted by atomic mass is 35.5. The molecular formula is C19H19Cl2NO2. The molecule has 24 heavy (non-hydrogen) atoms. The number of carbonyl (C=O) groups is 1. The monoisotopic (exact) mass is 363 g/mol. The molecule has 126 valence electrons. The lowest BCUT2D eigenvalue weighted by atomic mass is 9.64. The molecule has 0 unspecified atom stereocenters. The van der Waals surface area contributed by atoms with E-state index in [0.717, 1.165) is 35.5 Å². The van der Waals surface area contributed by atoms with Crippen molar-refractivity contribution < 1.29 is 9.90 Å². The molecule has 0 bridgehead atoms. The third kappa shape index (κ3) is 3.59. The van der Waals surface area contributed by atoms with Gasteiger partial charge in [-0.15, -0.1) is 0 Å². The summed E-state index contributed by atoms with van der Waals surface area (Å²) in [6.07, 6.45) is 3.38. The molecular weight excluding hydrogens is 345 g/mol. The zero-order valence-electron chi connectivity index (χ0n) is 13.2. The van der Waals surface area contributed by atoms with Crippen LogP contribution in [0.25, 0.3) is 0 Å². The van der Waals surface area contributed by atoms with Crippen molar-refractivity contribution in [1.82, 2.24) is 5.32 Å². The van der Waals surface area contributed by atoms with Crippen molar-refractivity contribution in [3.63, 3.8) is 0 Å². The maximum Gasteiger partial charge on any atom is 0.335 e. The molecule has 1 aliphatic rings. The van der Waals surface area contributed by atoms with Crippen LogP contribution in [0.2, 0.25) is 10.0 Å². The molecule has 1 saturated carbocycles. The van der Waals surface area contributed by atoms with Gasteiger partial charge < -0.3 is 10.4 Å². The summed E-state index contributed by atoms with van der Waals surface area (Å²) >= 11 is 12.4. The molecule has 0 radical (unpaired) electrons. The number of carboxylic acid groups (broad SMARTS) is 1. The Balaban J connectivity index is 1.68. The second-order valence-electron chi connectivity index (χ2n) is 6.37. The van der Waals surface area contributed by atoms with Crippen LogP contribution in [0.5, 0.6) is 0 Å². The van der Waals surface area contributed by atoms with E-state index in [2.05, 4.69) is 5.32 Å². The number of hydrogen-bond donors (Lipinski definition) is 2.